The highest BCUT2D eigenvalue weighted by molar-refractivity contribution is 5.57. The van der Waals surface area contributed by atoms with Crippen molar-refractivity contribution in [2.45, 2.75) is 141 Å². The molecule has 1 fully saturated rings. The molecule has 0 spiro atoms. The summed E-state index contributed by atoms with van der Waals surface area (Å²) in [5, 5.41) is 0. The number of alkyl halides is 2. The van der Waals surface area contributed by atoms with Crippen LogP contribution in [0.1, 0.15) is 139 Å². The van der Waals surface area contributed by atoms with Gasteiger partial charge in [-0.05, 0) is 74.1 Å². The van der Waals surface area contributed by atoms with Crippen molar-refractivity contribution in [3.8, 4) is 11.4 Å². The number of hydrogen-bond acceptors (Lipinski definition) is 3. The molecule has 2 heterocycles. The van der Waals surface area contributed by atoms with Crippen LogP contribution in [0.25, 0.3) is 11.4 Å². The highest BCUT2D eigenvalue weighted by atomic mass is 19.3. The Hall–Kier alpha value is -1.95. The fourth-order valence-corrected chi connectivity index (χ4v) is 6.39. The number of aromatic nitrogens is 2. The van der Waals surface area contributed by atoms with Crippen LogP contribution in [-0.4, -0.2) is 23.2 Å². The van der Waals surface area contributed by atoms with Crippen LogP contribution in [0.15, 0.2) is 24.4 Å². The third kappa shape index (κ3) is 10.3. The first-order chi connectivity index (χ1) is 20.5. The molecular formula is C36H53F3N2O. The molecule has 3 nitrogen and oxygen atoms in total. The molecule has 0 amide bonds. The number of hydrogen-bond donors (Lipinski definition) is 0. The lowest BCUT2D eigenvalue weighted by molar-refractivity contribution is -0.0825. The second-order valence-corrected chi connectivity index (χ2v) is 12.9. The van der Waals surface area contributed by atoms with E-state index < -0.39 is 23.4 Å². The molecule has 2 aromatic rings. The zero-order chi connectivity index (χ0) is 29.6. The summed E-state index contributed by atoms with van der Waals surface area (Å²) in [5.41, 5.74) is 1.90. The summed E-state index contributed by atoms with van der Waals surface area (Å²) in [6, 6.07) is 5.49. The average Bonchev–Trinajstić information content (AvgIpc) is 3.81. The summed E-state index contributed by atoms with van der Waals surface area (Å²) in [7, 11) is 0. The molecule has 2 aliphatic carbocycles. The molecule has 0 radical (unpaired) electrons. The van der Waals surface area contributed by atoms with Gasteiger partial charge in [0.05, 0.1) is 17.0 Å². The quantitative estimate of drug-likeness (QED) is 0.108. The molecule has 234 valence electrons. The Morgan fingerprint density at radius 2 is 1.50 bits per heavy atom. The number of pyridine rings is 2. The summed E-state index contributed by atoms with van der Waals surface area (Å²) >= 11 is 0. The van der Waals surface area contributed by atoms with E-state index in [0.29, 0.717) is 49.2 Å². The summed E-state index contributed by atoms with van der Waals surface area (Å²) in [5.74, 6) is -4.04. The molecule has 2 aliphatic rings. The van der Waals surface area contributed by atoms with Crippen molar-refractivity contribution in [1.82, 2.24) is 9.97 Å². The lowest BCUT2D eigenvalue weighted by Gasteiger charge is -2.33. The maximum atomic E-state index is 15.4. The lowest BCUT2D eigenvalue weighted by atomic mass is 9.78. The fraction of sp³-hybridized carbons (Fsp3) is 0.722. The van der Waals surface area contributed by atoms with Gasteiger partial charge < -0.3 is 4.74 Å². The standard InChI is InChI=1S/C36H53F3N2O/c1-2-3-13-24-42-25-14-9-12-17-31-22-21-30-26-33(41-35(37)34(30)36(31,38)39)32-23-20-29(27-40-32)16-11-8-6-4-5-7-10-15-28-18-19-28/h20,23,26-28,31H,2-19,21-22,24-25H2,1H3. The Bertz CT molecular complexity index is 1050. The topological polar surface area (TPSA) is 35.0 Å². The Labute approximate surface area is 252 Å². The number of aryl methyl sites for hydroxylation is 2. The van der Waals surface area contributed by atoms with E-state index in [4.69, 9.17) is 4.74 Å². The van der Waals surface area contributed by atoms with Crippen LogP contribution in [0.2, 0.25) is 0 Å². The van der Waals surface area contributed by atoms with Gasteiger partial charge in [-0.25, -0.2) is 13.8 Å². The van der Waals surface area contributed by atoms with E-state index in [9.17, 15) is 0 Å². The van der Waals surface area contributed by atoms with Crippen LogP contribution in [0.3, 0.4) is 0 Å². The molecule has 1 atom stereocenters. The Balaban J connectivity index is 1.19. The van der Waals surface area contributed by atoms with Crippen LogP contribution in [-0.2, 0) is 23.5 Å². The highest BCUT2D eigenvalue weighted by Gasteiger charge is 2.47. The summed E-state index contributed by atoms with van der Waals surface area (Å²) in [6.45, 7) is 3.62. The Morgan fingerprint density at radius 1 is 0.810 bits per heavy atom. The van der Waals surface area contributed by atoms with Gasteiger partial charge in [-0.2, -0.15) is 4.39 Å². The Morgan fingerprint density at radius 3 is 2.21 bits per heavy atom. The van der Waals surface area contributed by atoms with Gasteiger partial charge in [0.2, 0.25) is 5.95 Å². The maximum absolute atomic E-state index is 15.4. The van der Waals surface area contributed by atoms with Gasteiger partial charge in [0.25, 0.3) is 5.92 Å². The molecule has 0 aromatic carbocycles. The number of rotatable bonds is 21. The normalized spacial score (nSPS) is 17.9. The zero-order valence-electron chi connectivity index (χ0n) is 26.0. The lowest BCUT2D eigenvalue weighted by Crippen LogP contribution is -2.33. The minimum absolute atomic E-state index is 0.340. The second kappa shape index (κ2) is 17.4. The predicted molar refractivity (Wildman–Crippen MR) is 165 cm³/mol. The number of unbranched alkanes of at least 4 members (excludes halogenated alkanes) is 10. The third-order valence-corrected chi connectivity index (χ3v) is 9.26. The molecule has 0 saturated heterocycles. The number of nitrogens with zero attached hydrogens (tertiary/aromatic N) is 2. The summed E-state index contributed by atoms with van der Waals surface area (Å²) < 4.78 is 51.6. The predicted octanol–water partition coefficient (Wildman–Crippen LogP) is 10.8. The van der Waals surface area contributed by atoms with Crippen LogP contribution in [0.4, 0.5) is 13.2 Å². The van der Waals surface area contributed by atoms with Gasteiger partial charge in [0.1, 0.15) is 0 Å². The van der Waals surface area contributed by atoms with Gasteiger partial charge in [-0.15, -0.1) is 0 Å². The average molecular weight is 587 g/mol. The van der Waals surface area contributed by atoms with E-state index in [0.717, 1.165) is 50.2 Å². The molecule has 0 N–H and O–H groups in total. The van der Waals surface area contributed by atoms with E-state index in [1.807, 2.05) is 18.3 Å². The van der Waals surface area contributed by atoms with Crippen molar-refractivity contribution in [2.75, 3.05) is 13.2 Å². The first-order valence-electron chi connectivity index (χ1n) is 17.1. The monoisotopic (exact) mass is 586 g/mol. The molecule has 0 aliphatic heterocycles. The van der Waals surface area contributed by atoms with Crippen molar-refractivity contribution in [3.05, 3.63) is 47.0 Å². The van der Waals surface area contributed by atoms with E-state index in [1.165, 1.54) is 70.6 Å². The fourth-order valence-electron chi connectivity index (χ4n) is 6.39. The zero-order valence-corrected chi connectivity index (χ0v) is 26.0. The van der Waals surface area contributed by atoms with Crippen molar-refractivity contribution in [3.63, 3.8) is 0 Å². The van der Waals surface area contributed by atoms with Gasteiger partial charge in [0, 0.05) is 25.3 Å². The molecule has 0 bridgehead atoms. The van der Waals surface area contributed by atoms with E-state index in [1.54, 1.807) is 6.07 Å². The molecule has 1 saturated carbocycles. The van der Waals surface area contributed by atoms with Gasteiger partial charge >= 0.3 is 0 Å². The van der Waals surface area contributed by atoms with E-state index in [-0.39, 0.29) is 0 Å². The summed E-state index contributed by atoms with van der Waals surface area (Å²) in [6.07, 6.45) is 23.4. The largest absolute Gasteiger partial charge is 0.381 e. The highest BCUT2D eigenvalue weighted by Crippen LogP contribution is 2.47. The van der Waals surface area contributed by atoms with Gasteiger partial charge in [-0.3, -0.25) is 4.98 Å². The van der Waals surface area contributed by atoms with Crippen LogP contribution in [0.5, 0.6) is 0 Å². The van der Waals surface area contributed by atoms with E-state index in [2.05, 4.69) is 16.9 Å². The number of halogens is 3. The third-order valence-electron chi connectivity index (χ3n) is 9.26. The van der Waals surface area contributed by atoms with Crippen LogP contribution >= 0.6 is 0 Å². The first kappa shape index (κ1) is 33.0. The maximum Gasteiger partial charge on any atom is 0.280 e. The molecule has 4 rings (SSSR count). The molecular weight excluding hydrogens is 533 g/mol. The minimum atomic E-state index is -3.20. The van der Waals surface area contributed by atoms with Crippen molar-refractivity contribution in [1.29, 1.82) is 0 Å². The van der Waals surface area contributed by atoms with Crippen LogP contribution in [0, 0.1) is 17.8 Å². The van der Waals surface area contributed by atoms with Crippen molar-refractivity contribution in [2.24, 2.45) is 11.8 Å². The van der Waals surface area contributed by atoms with Gasteiger partial charge in [0.15, 0.2) is 0 Å². The summed E-state index contributed by atoms with van der Waals surface area (Å²) in [4.78, 5) is 8.49. The van der Waals surface area contributed by atoms with Crippen LogP contribution < -0.4 is 0 Å². The minimum Gasteiger partial charge on any atom is -0.381 e. The second-order valence-electron chi connectivity index (χ2n) is 12.9. The number of ether oxygens (including phenoxy) is 1. The molecule has 1 unspecified atom stereocenters. The van der Waals surface area contributed by atoms with E-state index >= 15 is 13.2 Å². The first-order valence-corrected chi connectivity index (χ1v) is 17.1. The smallest absolute Gasteiger partial charge is 0.280 e. The van der Waals surface area contributed by atoms with Gasteiger partial charge in [-0.1, -0.05) is 96.5 Å². The number of fused-ring (bicyclic) bond motifs is 1. The Kier molecular flexibility index (Phi) is 13.6. The SMILES string of the molecule is CCCCCOCCCCCC1CCc2cc(-c3ccc(CCCCCCCCCC4CC4)cn3)nc(F)c2C1(F)F. The molecule has 2 aromatic heterocycles. The molecule has 6 heteroatoms. The van der Waals surface area contributed by atoms with Crippen molar-refractivity contribution < 1.29 is 17.9 Å². The molecule has 42 heavy (non-hydrogen) atoms. The van der Waals surface area contributed by atoms with Crippen molar-refractivity contribution >= 4 is 0 Å².